The average molecular weight is 211 g/mol. The van der Waals surface area contributed by atoms with E-state index in [0.29, 0.717) is 10.7 Å². The summed E-state index contributed by atoms with van der Waals surface area (Å²) in [6.45, 7) is 0.0171. The predicted molar refractivity (Wildman–Crippen MR) is 52.6 cm³/mol. The van der Waals surface area contributed by atoms with E-state index >= 15 is 0 Å². The van der Waals surface area contributed by atoms with Crippen LogP contribution >= 0.6 is 11.6 Å². The van der Waals surface area contributed by atoms with Crippen LogP contribution in [0.3, 0.4) is 0 Å². The molecule has 1 aromatic rings. The Morgan fingerprint density at radius 2 is 2.21 bits per heavy atom. The van der Waals surface area contributed by atoms with E-state index in [1.54, 1.807) is 18.2 Å². The van der Waals surface area contributed by atoms with E-state index < -0.39 is 0 Å². The summed E-state index contributed by atoms with van der Waals surface area (Å²) in [7, 11) is 0. The van der Waals surface area contributed by atoms with Gasteiger partial charge >= 0.3 is 0 Å². The van der Waals surface area contributed by atoms with E-state index in [1.165, 1.54) is 0 Å². The number of carbonyl (C=O) groups excluding carboxylic acids is 1. The van der Waals surface area contributed by atoms with Crippen LogP contribution in [-0.2, 0) is 9.53 Å². The zero-order valence-electron chi connectivity index (χ0n) is 7.16. The zero-order chi connectivity index (χ0) is 9.97. The zero-order valence-corrected chi connectivity index (χ0v) is 7.91. The Labute approximate surface area is 85.5 Å². The molecule has 0 bridgehead atoms. The van der Waals surface area contributed by atoms with Crippen molar-refractivity contribution in [1.82, 2.24) is 5.32 Å². The summed E-state index contributed by atoms with van der Waals surface area (Å²) in [4.78, 5) is 14.8. The smallest absolute Gasteiger partial charge is 0.297 e. The van der Waals surface area contributed by atoms with Crippen molar-refractivity contribution in [1.29, 1.82) is 0 Å². The number of para-hydroxylation sites is 1. The van der Waals surface area contributed by atoms with Gasteiger partial charge in [0.2, 0.25) is 0 Å². The number of amidine groups is 1. The Hall–Kier alpha value is -1.55. The number of amides is 1. The fourth-order valence-corrected chi connectivity index (χ4v) is 1.22. The third-order valence-corrected chi connectivity index (χ3v) is 1.98. The lowest BCUT2D eigenvalue weighted by Gasteiger charge is -1.98. The van der Waals surface area contributed by atoms with Crippen molar-refractivity contribution in [3.05, 3.63) is 29.3 Å². The van der Waals surface area contributed by atoms with Crippen molar-refractivity contribution in [2.45, 2.75) is 0 Å². The van der Waals surface area contributed by atoms with Crippen LogP contribution in [0, 0.1) is 0 Å². The summed E-state index contributed by atoms with van der Waals surface area (Å²) in [5.41, 5.74) is 0.575. The minimum atomic E-state index is -0.198. The molecule has 1 aliphatic rings. The lowest BCUT2D eigenvalue weighted by Crippen LogP contribution is -2.20. The highest BCUT2D eigenvalue weighted by molar-refractivity contribution is 6.33. The van der Waals surface area contributed by atoms with Crippen LogP contribution in [0.15, 0.2) is 29.3 Å². The standard InChI is InChI=1S/C9H7ClN2O2/c10-6-3-1-2-4-7(6)11-9-12-8(13)5-14-9/h1-4H,5H2,(H,11,12,13). The summed E-state index contributed by atoms with van der Waals surface area (Å²) in [6, 6.07) is 7.27. The van der Waals surface area contributed by atoms with Gasteiger partial charge in [0.05, 0.1) is 10.7 Å². The first-order chi connectivity index (χ1) is 6.75. The van der Waals surface area contributed by atoms with Crippen molar-refractivity contribution in [2.75, 3.05) is 6.61 Å². The maximum absolute atomic E-state index is 10.8. The number of ether oxygens (including phenoxy) is 1. The van der Waals surface area contributed by atoms with Crippen molar-refractivity contribution in [3.8, 4) is 0 Å². The maximum Gasteiger partial charge on any atom is 0.297 e. The van der Waals surface area contributed by atoms with Gasteiger partial charge in [-0.15, -0.1) is 0 Å². The fourth-order valence-electron chi connectivity index (χ4n) is 1.04. The average Bonchev–Trinajstić information content (AvgIpc) is 2.56. The van der Waals surface area contributed by atoms with Crippen LogP contribution in [0.4, 0.5) is 5.69 Å². The molecule has 1 aromatic carbocycles. The van der Waals surface area contributed by atoms with Crippen molar-refractivity contribution >= 4 is 29.2 Å². The largest absolute Gasteiger partial charge is 0.455 e. The van der Waals surface area contributed by atoms with E-state index in [0.717, 1.165) is 0 Å². The summed E-state index contributed by atoms with van der Waals surface area (Å²) < 4.78 is 4.95. The third-order valence-electron chi connectivity index (χ3n) is 1.66. The number of nitrogens with zero attached hydrogens (tertiary/aromatic N) is 1. The van der Waals surface area contributed by atoms with Gasteiger partial charge in [-0.05, 0) is 12.1 Å². The van der Waals surface area contributed by atoms with E-state index in [2.05, 4.69) is 10.3 Å². The molecular weight excluding hydrogens is 204 g/mol. The molecule has 14 heavy (non-hydrogen) atoms. The summed E-state index contributed by atoms with van der Waals surface area (Å²) in [5, 5.41) is 2.98. The van der Waals surface area contributed by atoms with Gasteiger partial charge in [0.25, 0.3) is 11.9 Å². The molecule has 5 heteroatoms. The fraction of sp³-hybridized carbons (Fsp3) is 0.111. The SMILES string of the molecule is O=C1COC(=Nc2ccccc2Cl)N1. The Morgan fingerprint density at radius 1 is 1.43 bits per heavy atom. The van der Waals surface area contributed by atoms with Crippen LogP contribution in [0.25, 0.3) is 0 Å². The molecule has 1 N–H and O–H groups in total. The minimum absolute atomic E-state index is 0.0171. The Bertz CT molecular complexity index is 404. The van der Waals surface area contributed by atoms with Gasteiger partial charge in [0, 0.05) is 0 Å². The van der Waals surface area contributed by atoms with Crippen LogP contribution in [0.1, 0.15) is 0 Å². The van der Waals surface area contributed by atoms with E-state index in [1.807, 2.05) is 6.07 Å². The second-order valence-electron chi connectivity index (χ2n) is 2.71. The first-order valence-corrected chi connectivity index (χ1v) is 4.39. The molecule has 0 aromatic heterocycles. The normalized spacial score (nSPS) is 18.1. The number of hydrogen-bond acceptors (Lipinski definition) is 3. The van der Waals surface area contributed by atoms with Crippen molar-refractivity contribution < 1.29 is 9.53 Å². The predicted octanol–water partition coefficient (Wildman–Crippen LogP) is 1.47. The van der Waals surface area contributed by atoms with E-state index in [-0.39, 0.29) is 18.5 Å². The number of hydrogen-bond donors (Lipinski definition) is 1. The number of aliphatic imine (C=N–C) groups is 1. The highest BCUT2D eigenvalue weighted by atomic mass is 35.5. The topological polar surface area (TPSA) is 50.7 Å². The van der Waals surface area contributed by atoms with Gasteiger partial charge in [-0.1, -0.05) is 23.7 Å². The Kier molecular flexibility index (Phi) is 2.37. The molecule has 0 spiro atoms. The van der Waals surface area contributed by atoms with Gasteiger partial charge in [0.1, 0.15) is 0 Å². The number of halogens is 1. The molecule has 0 radical (unpaired) electrons. The second-order valence-corrected chi connectivity index (χ2v) is 3.11. The van der Waals surface area contributed by atoms with Crippen molar-refractivity contribution in [3.63, 3.8) is 0 Å². The number of nitrogens with one attached hydrogen (secondary N) is 1. The van der Waals surface area contributed by atoms with Gasteiger partial charge in [0.15, 0.2) is 6.61 Å². The van der Waals surface area contributed by atoms with E-state index in [4.69, 9.17) is 16.3 Å². The van der Waals surface area contributed by atoms with Gasteiger partial charge in [-0.2, -0.15) is 4.99 Å². The second kappa shape index (κ2) is 3.67. The molecule has 1 heterocycles. The van der Waals surface area contributed by atoms with Crippen LogP contribution in [0.5, 0.6) is 0 Å². The lowest BCUT2D eigenvalue weighted by atomic mass is 10.3. The van der Waals surface area contributed by atoms with Gasteiger partial charge < -0.3 is 4.74 Å². The summed E-state index contributed by atoms with van der Waals surface area (Å²) in [6.07, 6.45) is 0. The summed E-state index contributed by atoms with van der Waals surface area (Å²) in [5.74, 6) is -0.198. The van der Waals surface area contributed by atoms with Gasteiger partial charge in [-0.3, -0.25) is 10.1 Å². The molecule has 72 valence electrons. The van der Waals surface area contributed by atoms with Crippen LogP contribution < -0.4 is 5.32 Å². The molecule has 1 amide bonds. The lowest BCUT2D eigenvalue weighted by molar-refractivity contribution is -0.119. The highest BCUT2D eigenvalue weighted by Gasteiger charge is 2.17. The number of carbonyl (C=O) groups is 1. The van der Waals surface area contributed by atoms with Gasteiger partial charge in [-0.25, -0.2) is 0 Å². The molecule has 4 nitrogen and oxygen atoms in total. The highest BCUT2D eigenvalue weighted by Crippen LogP contribution is 2.23. The van der Waals surface area contributed by atoms with E-state index in [9.17, 15) is 4.79 Å². The molecule has 1 fully saturated rings. The van der Waals surface area contributed by atoms with Crippen LogP contribution in [0.2, 0.25) is 5.02 Å². The minimum Gasteiger partial charge on any atom is -0.455 e. The molecule has 0 unspecified atom stereocenters. The molecule has 1 aliphatic heterocycles. The third kappa shape index (κ3) is 1.85. The number of rotatable bonds is 1. The maximum atomic E-state index is 10.8. The monoisotopic (exact) mass is 210 g/mol. The first-order valence-electron chi connectivity index (χ1n) is 4.01. The Morgan fingerprint density at radius 3 is 2.86 bits per heavy atom. The van der Waals surface area contributed by atoms with Crippen LogP contribution in [-0.4, -0.2) is 18.5 Å². The summed E-state index contributed by atoms with van der Waals surface area (Å²) >= 11 is 5.86. The molecule has 2 rings (SSSR count). The first kappa shape index (κ1) is 9.02. The molecular formula is C9H7ClN2O2. The molecule has 0 aliphatic carbocycles. The molecule has 0 atom stereocenters. The Balaban J connectivity index is 2.25. The number of benzene rings is 1. The van der Waals surface area contributed by atoms with Crippen molar-refractivity contribution in [2.24, 2.45) is 4.99 Å². The quantitative estimate of drug-likeness (QED) is 0.763. The molecule has 1 saturated heterocycles. The molecule has 0 saturated carbocycles.